The molecule has 0 spiro atoms. The summed E-state index contributed by atoms with van der Waals surface area (Å²) in [6, 6.07) is 14.9. The maximum absolute atomic E-state index is 12.8. The van der Waals surface area contributed by atoms with Gasteiger partial charge in [0, 0.05) is 18.2 Å². The smallest absolute Gasteiger partial charge is 0.252 e. The van der Waals surface area contributed by atoms with Crippen LogP contribution < -0.4 is 10.3 Å². The summed E-state index contributed by atoms with van der Waals surface area (Å²) >= 11 is 0. The molecule has 0 amide bonds. The van der Waals surface area contributed by atoms with Crippen LogP contribution in [0.5, 0.6) is 5.75 Å². The molecule has 0 aliphatic carbocycles. The SMILES string of the molecule is COc1ccc2cc(CN(Cc3ccco3)Cc3nnnn3Cc3ccco3)c(=O)[nH]c2c1. The van der Waals surface area contributed by atoms with Gasteiger partial charge in [0.25, 0.3) is 5.56 Å². The highest BCUT2D eigenvalue weighted by molar-refractivity contribution is 5.80. The van der Waals surface area contributed by atoms with E-state index in [1.165, 1.54) is 0 Å². The normalized spacial score (nSPS) is 11.5. The minimum absolute atomic E-state index is 0.157. The number of hydrogen-bond acceptors (Lipinski definition) is 8. The van der Waals surface area contributed by atoms with E-state index in [1.807, 2.05) is 48.5 Å². The molecule has 168 valence electrons. The Morgan fingerprint density at radius 2 is 1.85 bits per heavy atom. The zero-order chi connectivity index (χ0) is 22.6. The van der Waals surface area contributed by atoms with Crippen LogP contribution in [-0.2, 0) is 26.2 Å². The van der Waals surface area contributed by atoms with Gasteiger partial charge in [-0.1, -0.05) is 0 Å². The Morgan fingerprint density at radius 3 is 2.61 bits per heavy atom. The van der Waals surface area contributed by atoms with Gasteiger partial charge < -0.3 is 18.6 Å². The highest BCUT2D eigenvalue weighted by Crippen LogP contribution is 2.20. The first kappa shape index (κ1) is 20.7. The zero-order valence-corrected chi connectivity index (χ0v) is 18.0. The molecule has 4 heterocycles. The molecule has 0 aliphatic rings. The van der Waals surface area contributed by atoms with E-state index in [0.29, 0.717) is 43.3 Å². The minimum atomic E-state index is -0.157. The Hall–Kier alpha value is -4.18. The fourth-order valence-electron chi connectivity index (χ4n) is 3.71. The molecule has 0 aliphatic heterocycles. The second-order valence-electron chi connectivity index (χ2n) is 7.63. The van der Waals surface area contributed by atoms with Crippen molar-refractivity contribution in [2.45, 2.75) is 26.2 Å². The number of rotatable bonds is 9. The van der Waals surface area contributed by atoms with Gasteiger partial charge in [0.2, 0.25) is 0 Å². The molecular weight excluding hydrogens is 424 g/mol. The van der Waals surface area contributed by atoms with Gasteiger partial charge in [0.15, 0.2) is 5.82 Å². The molecule has 0 fully saturated rings. The average molecular weight is 446 g/mol. The van der Waals surface area contributed by atoms with Crippen LogP contribution in [0, 0.1) is 0 Å². The summed E-state index contributed by atoms with van der Waals surface area (Å²) in [7, 11) is 1.60. The number of H-pyrrole nitrogens is 1. The molecule has 0 bridgehead atoms. The lowest BCUT2D eigenvalue weighted by atomic mass is 10.1. The van der Waals surface area contributed by atoms with Crippen molar-refractivity contribution < 1.29 is 13.6 Å². The first-order valence-electron chi connectivity index (χ1n) is 10.4. The number of hydrogen-bond donors (Lipinski definition) is 1. The lowest BCUT2D eigenvalue weighted by Gasteiger charge is -2.20. The van der Waals surface area contributed by atoms with Crippen molar-refractivity contribution in [3.8, 4) is 5.75 Å². The summed E-state index contributed by atoms with van der Waals surface area (Å²) in [6.45, 7) is 1.70. The molecule has 0 saturated carbocycles. The topological polar surface area (TPSA) is 115 Å². The van der Waals surface area contributed by atoms with Crippen molar-refractivity contribution in [2.75, 3.05) is 7.11 Å². The molecule has 33 heavy (non-hydrogen) atoms. The monoisotopic (exact) mass is 446 g/mol. The Balaban J connectivity index is 1.42. The number of nitrogens with zero attached hydrogens (tertiary/aromatic N) is 5. The van der Waals surface area contributed by atoms with E-state index in [0.717, 1.165) is 22.4 Å². The van der Waals surface area contributed by atoms with Crippen LogP contribution in [-0.4, -0.2) is 37.2 Å². The maximum atomic E-state index is 12.8. The maximum Gasteiger partial charge on any atom is 0.252 e. The van der Waals surface area contributed by atoms with Crippen molar-refractivity contribution >= 4 is 10.9 Å². The predicted molar refractivity (Wildman–Crippen MR) is 118 cm³/mol. The lowest BCUT2D eigenvalue weighted by Crippen LogP contribution is -2.28. The number of methoxy groups -OCH3 is 1. The molecule has 10 nitrogen and oxygen atoms in total. The Bertz CT molecular complexity index is 1390. The highest BCUT2D eigenvalue weighted by Gasteiger charge is 2.17. The summed E-state index contributed by atoms with van der Waals surface area (Å²) in [4.78, 5) is 17.9. The molecule has 0 radical (unpaired) electrons. The van der Waals surface area contributed by atoms with E-state index >= 15 is 0 Å². The Labute approximate surface area is 188 Å². The van der Waals surface area contributed by atoms with E-state index in [1.54, 1.807) is 24.3 Å². The second-order valence-corrected chi connectivity index (χ2v) is 7.63. The Morgan fingerprint density at radius 1 is 1.03 bits per heavy atom. The largest absolute Gasteiger partial charge is 0.497 e. The third kappa shape index (κ3) is 4.70. The van der Waals surface area contributed by atoms with Gasteiger partial charge in [0.05, 0.1) is 38.2 Å². The van der Waals surface area contributed by atoms with Crippen LogP contribution in [0.3, 0.4) is 0 Å². The van der Waals surface area contributed by atoms with Gasteiger partial charge >= 0.3 is 0 Å². The zero-order valence-electron chi connectivity index (χ0n) is 18.0. The van der Waals surface area contributed by atoms with Gasteiger partial charge in [0.1, 0.15) is 23.8 Å². The number of pyridine rings is 1. The van der Waals surface area contributed by atoms with Crippen molar-refractivity contribution in [2.24, 2.45) is 0 Å². The standard InChI is InChI=1S/C23H22N6O4/c1-31-18-7-6-16-10-17(23(30)24-21(16)11-18)12-28(13-19-4-2-8-32-19)15-22-25-26-27-29(22)14-20-5-3-9-33-20/h2-11H,12-15H2,1H3,(H,24,30). The number of aromatic amines is 1. The highest BCUT2D eigenvalue weighted by atomic mass is 16.5. The molecule has 0 saturated heterocycles. The second kappa shape index (κ2) is 9.13. The van der Waals surface area contributed by atoms with Gasteiger partial charge in [-0.15, -0.1) is 5.10 Å². The quantitative estimate of drug-likeness (QED) is 0.367. The van der Waals surface area contributed by atoms with E-state index in [4.69, 9.17) is 13.6 Å². The van der Waals surface area contributed by atoms with Crippen LogP contribution in [0.2, 0.25) is 0 Å². The molecule has 1 aromatic carbocycles. The first-order chi connectivity index (χ1) is 16.2. The molecule has 5 aromatic rings. The summed E-state index contributed by atoms with van der Waals surface area (Å²) in [6.07, 6.45) is 3.24. The third-order valence-corrected chi connectivity index (χ3v) is 5.34. The van der Waals surface area contributed by atoms with E-state index < -0.39 is 0 Å². The lowest BCUT2D eigenvalue weighted by molar-refractivity contribution is 0.216. The van der Waals surface area contributed by atoms with Crippen LogP contribution in [0.25, 0.3) is 10.9 Å². The van der Waals surface area contributed by atoms with Crippen molar-refractivity contribution in [3.05, 3.63) is 94.3 Å². The average Bonchev–Trinajstić information content (AvgIpc) is 3.59. The summed E-state index contributed by atoms with van der Waals surface area (Å²) in [5.74, 6) is 2.87. The molecule has 1 N–H and O–H groups in total. The van der Waals surface area contributed by atoms with Crippen LogP contribution >= 0.6 is 0 Å². The number of fused-ring (bicyclic) bond motifs is 1. The van der Waals surface area contributed by atoms with Crippen LogP contribution in [0.1, 0.15) is 22.9 Å². The number of furan rings is 2. The third-order valence-electron chi connectivity index (χ3n) is 5.34. The first-order valence-corrected chi connectivity index (χ1v) is 10.4. The fourth-order valence-corrected chi connectivity index (χ4v) is 3.71. The summed E-state index contributed by atoms with van der Waals surface area (Å²) in [5.41, 5.74) is 1.20. The number of benzene rings is 1. The summed E-state index contributed by atoms with van der Waals surface area (Å²) in [5, 5.41) is 13.0. The number of aromatic nitrogens is 5. The van der Waals surface area contributed by atoms with Crippen molar-refractivity contribution in [3.63, 3.8) is 0 Å². The van der Waals surface area contributed by atoms with Crippen LogP contribution in [0.15, 0.2) is 74.7 Å². The molecule has 5 rings (SSSR count). The molecule has 0 unspecified atom stereocenters. The predicted octanol–water partition coefficient (Wildman–Crippen LogP) is 2.96. The number of tetrazole rings is 1. The van der Waals surface area contributed by atoms with Gasteiger partial charge in [-0.25, -0.2) is 4.68 Å². The molecule has 4 aromatic heterocycles. The van der Waals surface area contributed by atoms with E-state index in [-0.39, 0.29) is 5.56 Å². The van der Waals surface area contributed by atoms with Crippen LogP contribution in [0.4, 0.5) is 0 Å². The fraction of sp³-hybridized carbons (Fsp3) is 0.217. The number of nitrogens with one attached hydrogen (secondary N) is 1. The van der Waals surface area contributed by atoms with Gasteiger partial charge in [-0.05, 0) is 58.3 Å². The summed E-state index contributed by atoms with van der Waals surface area (Å²) < 4.78 is 17.9. The Kier molecular flexibility index (Phi) is 5.73. The van der Waals surface area contributed by atoms with E-state index in [9.17, 15) is 4.79 Å². The molecular formula is C23H22N6O4. The van der Waals surface area contributed by atoms with E-state index in [2.05, 4.69) is 25.4 Å². The minimum Gasteiger partial charge on any atom is -0.497 e. The van der Waals surface area contributed by atoms with Crippen molar-refractivity contribution in [1.29, 1.82) is 0 Å². The van der Waals surface area contributed by atoms with Crippen molar-refractivity contribution in [1.82, 2.24) is 30.1 Å². The molecule has 0 atom stereocenters. The number of ether oxygens (including phenoxy) is 1. The molecule has 10 heteroatoms. The van der Waals surface area contributed by atoms with Gasteiger partial charge in [-0.3, -0.25) is 9.69 Å². The van der Waals surface area contributed by atoms with Gasteiger partial charge in [-0.2, -0.15) is 0 Å².